The maximum Gasteiger partial charge on any atom is 0.278 e. The van der Waals surface area contributed by atoms with Gasteiger partial charge in [-0.2, -0.15) is 0 Å². The Morgan fingerprint density at radius 1 is 1.33 bits per heavy atom. The van der Waals surface area contributed by atoms with Crippen LogP contribution < -0.4 is 5.32 Å². The van der Waals surface area contributed by atoms with E-state index in [-0.39, 0.29) is 5.91 Å². The maximum absolute atomic E-state index is 12.4. The molecule has 1 aliphatic rings. The van der Waals surface area contributed by atoms with E-state index in [2.05, 4.69) is 24.3 Å². The van der Waals surface area contributed by atoms with Crippen molar-refractivity contribution in [2.24, 2.45) is 5.92 Å². The number of hydrogen-bond donors (Lipinski definition) is 1. The molecule has 0 saturated carbocycles. The first-order valence-electron chi connectivity index (χ1n) is 7.40. The van der Waals surface area contributed by atoms with Gasteiger partial charge in [0.25, 0.3) is 5.91 Å². The summed E-state index contributed by atoms with van der Waals surface area (Å²) < 4.78 is 5.33. The van der Waals surface area contributed by atoms with Gasteiger partial charge in [0.15, 0.2) is 5.69 Å². The van der Waals surface area contributed by atoms with Crippen molar-refractivity contribution < 1.29 is 9.32 Å². The average Bonchev–Trinajstić information content (AvgIpc) is 2.86. The monoisotopic (exact) mass is 284 g/mol. The summed E-state index contributed by atoms with van der Waals surface area (Å²) in [5.74, 6) is 1.26. The Kier molecular flexibility index (Phi) is 3.53. The molecule has 0 bridgehead atoms. The number of nitrogens with one attached hydrogen (secondary N) is 1. The van der Waals surface area contributed by atoms with Crippen molar-refractivity contribution in [2.75, 3.05) is 5.32 Å². The van der Waals surface area contributed by atoms with Gasteiger partial charge in [0, 0.05) is 17.7 Å². The molecule has 1 N–H and O–H groups in total. The van der Waals surface area contributed by atoms with Crippen molar-refractivity contribution in [3.63, 3.8) is 0 Å². The number of fused-ring (bicyclic) bond motifs is 1. The molecule has 2 aromatic rings. The summed E-state index contributed by atoms with van der Waals surface area (Å²) in [4.78, 5) is 12.4. The lowest BCUT2D eigenvalue weighted by molar-refractivity contribution is 0.101. The number of nitrogens with zero attached hydrogens (tertiary/aromatic N) is 1. The van der Waals surface area contributed by atoms with E-state index >= 15 is 0 Å². The van der Waals surface area contributed by atoms with Gasteiger partial charge < -0.3 is 9.84 Å². The number of benzene rings is 1. The number of aromatic nitrogens is 1. The minimum atomic E-state index is -0.183. The van der Waals surface area contributed by atoms with Gasteiger partial charge >= 0.3 is 0 Å². The average molecular weight is 284 g/mol. The third-order valence-corrected chi connectivity index (χ3v) is 4.27. The highest BCUT2D eigenvalue weighted by atomic mass is 16.5. The van der Waals surface area contributed by atoms with E-state index in [1.165, 1.54) is 5.56 Å². The summed E-state index contributed by atoms with van der Waals surface area (Å²) >= 11 is 0. The molecule has 0 aliphatic heterocycles. The molecular formula is C17H20N2O2. The summed E-state index contributed by atoms with van der Waals surface area (Å²) in [5.41, 5.74) is 4.58. The van der Waals surface area contributed by atoms with Crippen LogP contribution in [0.3, 0.4) is 0 Å². The van der Waals surface area contributed by atoms with Crippen molar-refractivity contribution in [1.29, 1.82) is 0 Å². The normalized spacial score (nSPS) is 17.4. The van der Waals surface area contributed by atoms with E-state index in [9.17, 15) is 4.79 Å². The number of hydrogen-bond acceptors (Lipinski definition) is 3. The summed E-state index contributed by atoms with van der Waals surface area (Å²) in [6.07, 6.45) is 2.84. The standard InChI is InChI=1S/C17H20N2O2/c1-10-4-7-15-14(8-10)16(19-21-15)17(20)18-13-6-5-11(2)12(3)9-13/h5-6,9-10H,4,7-8H2,1-3H3,(H,18,20)/t10-/m1/s1. The third-order valence-electron chi connectivity index (χ3n) is 4.27. The van der Waals surface area contributed by atoms with Crippen LogP contribution in [0.5, 0.6) is 0 Å². The van der Waals surface area contributed by atoms with E-state index in [1.54, 1.807) is 0 Å². The van der Waals surface area contributed by atoms with Crippen LogP contribution in [0.2, 0.25) is 0 Å². The van der Waals surface area contributed by atoms with E-state index in [0.717, 1.165) is 41.8 Å². The van der Waals surface area contributed by atoms with E-state index in [0.29, 0.717) is 11.6 Å². The molecule has 21 heavy (non-hydrogen) atoms. The van der Waals surface area contributed by atoms with Gasteiger partial charge in [-0.05, 0) is 55.9 Å². The molecule has 1 amide bonds. The Balaban J connectivity index is 1.83. The molecule has 1 atom stereocenters. The summed E-state index contributed by atoms with van der Waals surface area (Å²) in [7, 11) is 0. The second kappa shape index (κ2) is 5.35. The summed E-state index contributed by atoms with van der Waals surface area (Å²) in [6.45, 7) is 6.28. The molecule has 0 fully saturated rings. The van der Waals surface area contributed by atoms with Crippen LogP contribution in [0.15, 0.2) is 22.7 Å². The van der Waals surface area contributed by atoms with Gasteiger partial charge in [-0.3, -0.25) is 4.79 Å². The van der Waals surface area contributed by atoms with Crippen molar-refractivity contribution in [1.82, 2.24) is 5.16 Å². The Hall–Kier alpha value is -2.10. The molecule has 4 heteroatoms. The number of amides is 1. The Morgan fingerprint density at radius 3 is 2.90 bits per heavy atom. The van der Waals surface area contributed by atoms with Crippen LogP contribution in [0, 0.1) is 19.8 Å². The lowest BCUT2D eigenvalue weighted by Gasteiger charge is -2.16. The molecule has 4 nitrogen and oxygen atoms in total. The van der Waals surface area contributed by atoms with E-state index in [4.69, 9.17) is 4.52 Å². The zero-order chi connectivity index (χ0) is 15.0. The quantitative estimate of drug-likeness (QED) is 0.915. The minimum absolute atomic E-state index is 0.183. The highest BCUT2D eigenvalue weighted by molar-refractivity contribution is 6.04. The second-order valence-corrected chi connectivity index (χ2v) is 6.03. The largest absolute Gasteiger partial charge is 0.360 e. The molecule has 0 radical (unpaired) electrons. The summed E-state index contributed by atoms with van der Waals surface area (Å²) in [6, 6.07) is 5.89. The smallest absolute Gasteiger partial charge is 0.278 e. The van der Waals surface area contributed by atoms with Crippen LogP contribution in [-0.2, 0) is 12.8 Å². The fourth-order valence-corrected chi connectivity index (χ4v) is 2.77. The van der Waals surface area contributed by atoms with E-state index < -0.39 is 0 Å². The lowest BCUT2D eigenvalue weighted by atomic mass is 9.88. The van der Waals surface area contributed by atoms with Crippen LogP contribution in [0.1, 0.15) is 46.3 Å². The number of carbonyl (C=O) groups is 1. The van der Waals surface area contributed by atoms with Crippen LogP contribution in [0.4, 0.5) is 5.69 Å². The molecule has 3 rings (SSSR count). The van der Waals surface area contributed by atoms with Crippen LogP contribution in [-0.4, -0.2) is 11.1 Å². The second-order valence-electron chi connectivity index (χ2n) is 6.03. The minimum Gasteiger partial charge on any atom is -0.360 e. The number of carbonyl (C=O) groups excluding carboxylic acids is 1. The van der Waals surface area contributed by atoms with Crippen molar-refractivity contribution in [3.05, 3.63) is 46.3 Å². The third kappa shape index (κ3) is 2.71. The zero-order valence-corrected chi connectivity index (χ0v) is 12.7. The van der Waals surface area contributed by atoms with Gasteiger partial charge in [0.05, 0.1) is 0 Å². The SMILES string of the molecule is Cc1ccc(NC(=O)c2noc3c2C[C@H](C)CC3)cc1C. The predicted molar refractivity (Wildman–Crippen MR) is 81.6 cm³/mol. The van der Waals surface area contributed by atoms with Crippen molar-refractivity contribution in [2.45, 2.75) is 40.0 Å². The molecule has 110 valence electrons. The van der Waals surface area contributed by atoms with Crippen LogP contribution >= 0.6 is 0 Å². The topological polar surface area (TPSA) is 55.1 Å². The maximum atomic E-state index is 12.4. The van der Waals surface area contributed by atoms with Crippen molar-refractivity contribution in [3.8, 4) is 0 Å². The molecular weight excluding hydrogens is 264 g/mol. The first-order valence-corrected chi connectivity index (χ1v) is 7.40. The molecule has 0 unspecified atom stereocenters. The highest BCUT2D eigenvalue weighted by Crippen LogP contribution is 2.28. The van der Waals surface area contributed by atoms with E-state index in [1.807, 2.05) is 25.1 Å². The lowest BCUT2D eigenvalue weighted by Crippen LogP contribution is -2.18. The Morgan fingerprint density at radius 2 is 2.14 bits per heavy atom. The van der Waals surface area contributed by atoms with Gasteiger partial charge in [-0.1, -0.05) is 18.1 Å². The summed E-state index contributed by atoms with van der Waals surface area (Å²) in [5, 5.41) is 6.90. The molecule has 0 spiro atoms. The van der Waals surface area contributed by atoms with Gasteiger partial charge in [0.1, 0.15) is 5.76 Å². The molecule has 1 aromatic carbocycles. The fraction of sp³-hybridized carbons (Fsp3) is 0.412. The highest BCUT2D eigenvalue weighted by Gasteiger charge is 2.26. The molecule has 1 aromatic heterocycles. The molecule has 1 aliphatic carbocycles. The van der Waals surface area contributed by atoms with Gasteiger partial charge in [0.2, 0.25) is 0 Å². The Bertz CT molecular complexity index is 688. The van der Waals surface area contributed by atoms with Crippen LogP contribution in [0.25, 0.3) is 0 Å². The first-order chi connectivity index (χ1) is 10.0. The Labute approximate surface area is 124 Å². The zero-order valence-electron chi connectivity index (χ0n) is 12.7. The number of rotatable bonds is 2. The molecule has 1 heterocycles. The molecule has 0 saturated heterocycles. The number of anilines is 1. The van der Waals surface area contributed by atoms with Crippen molar-refractivity contribution >= 4 is 11.6 Å². The predicted octanol–water partition coefficient (Wildman–Crippen LogP) is 3.67. The first kappa shape index (κ1) is 13.9. The van der Waals surface area contributed by atoms with Gasteiger partial charge in [-0.25, -0.2) is 0 Å². The fourth-order valence-electron chi connectivity index (χ4n) is 2.77. The van der Waals surface area contributed by atoms with Gasteiger partial charge in [-0.15, -0.1) is 0 Å². The number of aryl methyl sites for hydroxylation is 3.